The van der Waals surface area contributed by atoms with E-state index in [0.29, 0.717) is 29.2 Å². The number of aliphatic hydroxyl groups is 1. The van der Waals surface area contributed by atoms with Crippen molar-refractivity contribution in [3.8, 4) is 11.5 Å². The highest BCUT2D eigenvalue weighted by atomic mass is 79.9. The van der Waals surface area contributed by atoms with Gasteiger partial charge < -0.3 is 19.5 Å². The van der Waals surface area contributed by atoms with Crippen molar-refractivity contribution in [3.05, 3.63) is 85.8 Å². The van der Waals surface area contributed by atoms with Crippen LogP contribution < -0.4 is 9.47 Å². The number of amides is 1. The van der Waals surface area contributed by atoms with Gasteiger partial charge in [-0.05, 0) is 47.8 Å². The number of halogens is 2. The summed E-state index contributed by atoms with van der Waals surface area (Å²) >= 11 is 4.76. The standard InChI is InChI=1S/C24H17BrFNO5S/c25-14-4-5-17(26)16(11-14)21-20(23(29)24(30)27(21)12-15-2-1-9-33-15)22(28)13-3-6-18-19(10-13)32-8-7-31-18/h1-6,9-11,21,28H,7-8,12H2/b22-20+. The molecule has 6 nitrogen and oxygen atoms in total. The Morgan fingerprint density at radius 3 is 2.67 bits per heavy atom. The fraction of sp³-hybridized carbons (Fsp3) is 0.167. The number of carbonyl (C=O) groups excluding carboxylic acids is 2. The second-order valence-electron chi connectivity index (χ2n) is 7.53. The summed E-state index contributed by atoms with van der Waals surface area (Å²) in [6.45, 7) is 0.872. The predicted molar refractivity (Wildman–Crippen MR) is 124 cm³/mol. The number of hydrogen-bond donors (Lipinski definition) is 1. The molecule has 1 aromatic heterocycles. The molecule has 3 heterocycles. The van der Waals surface area contributed by atoms with Gasteiger partial charge in [0.15, 0.2) is 11.5 Å². The topological polar surface area (TPSA) is 76.1 Å². The normalized spacial score (nSPS) is 19.2. The lowest BCUT2D eigenvalue weighted by molar-refractivity contribution is -0.140. The van der Waals surface area contributed by atoms with Crippen molar-refractivity contribution in [1.29, 1.82) is 0 Å². The van der Waals surface area contributed by atoms with Crippen molar-refractivity contribution in [3.63, 3.8) is 0 Å². The van der Waals surface area contributed by atoms with Crippen LogP contribution in [0.2, 0.25) is 0 Å². The molecule has 1 unspecified atom stereocenters. The number of carbonyl (C=O) groups is 2. The molecule has 1 saturated heterocycles. The van der Waals surface area contributed by atoms with Crippen LogP contribution in [0.1, 0.15) is 22.0 Å². The van der Waals surface area contributed by atoms with E-state index in [4.69, 9.17) is 9.47 Å². The molecule has 1 amide bonds. The van der Waals surface area contributed by atoms with Gasteiger partial charge in [-0.1, -0.05) is 22.0 Å². The third-order valence-corrected chi connectivity index (χ3v) is 6.87. The average molecular weight is 530 g/mol. The van der Waals surface area contributed by atoms with Gasteiger partial charge in [-0.25, -0.2) is 4.39 Å². The van der Waals surface area contributed by atoms with E-state index in [1.54, 1.807) is 18.2 Å². The van der Waals surface area contributed by atoms with Gasteiger partial charge in [0.1, 0.15) is 24.8 Å². The monoisotopic (exact) mass is 529 g/mol. The Morgan fingerprint density at radius 2 is 1.91 bits per heavy atom. The summed E-state index contributed by atoms with van der Waals surface area (Å²) in [6, 6.07) is 11.6. The highest BCUT2D eigenvalue weighted by Gasteiger charge is 2.47. The predicted octanol–water partition coefficient (Wildman–Crippen LogP) is 5.04. The number of thiophene rings is 1. The lowest BCUT2D eigenvalue weighted by atomic mass is 9.94. The number of ketones is 1. The van der Waals surface area contributed by atoms with E-state index in [9.17, 15) is 19.1 Å². The van der Waals surface area contributed by atoms with Gasteiger partial charge >= 0.3 is 0 Å². The molecule has 33 heavy (non-hydrogen) atoms. The van der Waals surface area contributed by atoms with E-state index < -0.39 is 29.3 Å². The number of Topliss-reactive ketones (excluding diaryl/α,β-unsaturated/α-hetero) is 1. The molecule has 5 rings (SSSR count). The summed E-state index contributed by atoms with van der Waals surface area (Å²) in [5, 5.41) is 13.1. The van der Waals surface area contributed by atoms with Crippen LogP contribution >= 0.6 is 27.3 Å². The zero-order chi connectivity index (χ0) is 23.1. The highest BCUT2D eigenvalue weighted by molar-refractivity contribution is 9.10. The van der Waals surface area contributed by atoms with Crippen LogP contribution in [0, 0.1) is 5.82 Å². The van der Waals surface area contributed by atoms with Gasteiger partial charge in [-0.3, -0.25) is 9.59 Å². The quantitative estimate of drug-likeness (QED) is 0.291. The molecule has 168 valence electrons. The molecule has 0 radical (unpaired) electrons. The smallest absolute Gasteiger partial charge is 0.295 e. The van der Waals surface area contributed by atoms with Crippen LogP contribution in [0.15, 0.2) is 64.0 Å². The van der Waals surface area contributed by atoms with Crippen LogP contribution in [-0.4, -0.2) is 34.9 Å². The number of hydrogen-bond acceptors (Lipinski definition) is 6. The second-order valence-corrected chi connectivity index (χ2v) is 9.48. The maximum atomic E-state index is 15.0. The lowest BCUT2D eigenvalue weighted by Gasteiger charge is -2.25. The van der Waals surface area contributed by atoms with Crippen LogP contribution in [0.5, 0.6) is 11.5 Å². The number of ether oxygens (including phenoxy) is 2. The van der Waals surface area contributed by atoms with Crippen molar-refractivity contribution in [2.45, 2.75) is 12.6 Å². The van der Waals surface area contributed by atoms with Crippen LogP contribution in [-0.2, 0) is 16.1 Å². The van der Waals surface area contributed by atoms with Gasteiger partial charge in [0.05, 0.1) is 18.2 Å². The Labute approximate surface area is 201 Å². The van der Waals surface area contributed by atoms with E-state index in [0.717, 1.165) is 4.88 Å². The summed E-state index contributed by atoms with van der Waals surface area (Å²) in [5.74, 6) is -1.72. The van der Waals surface area contributed by atoms with Gasteiger partial charge in [-0.2, -0.15) is 0 Å². The molecule has 2 aromatic carbocycles. The number of aliphatic hydroxyl groups excluding tert-OH is 1. The first kappa shape index (κ1) is 21.7. The third-order valence-electron chi connectivity index (χ3n) is 5.51. The van der Waals surface area contributed by atoms with E-state index in [2.05, 4.69) is 15.9 Å². The lowest BCUT2D eigenvalue weighted by Crippen LogP contribution is -2.29. The Kier molecular flexibility index (Phi) is 5.67. The Balaban J connectivity index is 1.67. The number of likely N-dealkylation sites (tertiary alicyclic amines) is 1. The fourth-order valence-electron chi connectivity index (χ4n) is 4.01. The van der Waals surface area contributed by atoms with Gasteiger partial charge in [-0.15, -0.1) is 11.3 Å². The van der Waals surface area contributed by atoms with Crippen LogP contribution in [0.3, 0.4) is 0 Å². The molecular weight excluding hydrogens is 513 g/mol. The minimum Gasteiger partial charge on any atom is -0.507 e. The first-order valence-electron chi connectivity index (χ1n) is 10.1. The van der Waals surface area contributed by atoms with Crippen molar-refractivity contribution >= 4 is 44.7 Å². The maximum absolute atomic E-state index is 15.0. The summed E-state index contributed by atoms with van der Waals surface area (Å²) in [5.41, 5.74) is 0.207. The Hall–Kier alpha value is -3.17. The number of fused-ring (bicyclic) bond motifs is 1. The van der Waals surface area contributed by atoms with Crippen LogP contribution in [0.25, 0.3) is 5.76 Å². The number of rotatable bonds is 4. The molecule has 2 aliphatic rings. The summed E-state index contributed by atoms with van der Waals surface area (Å²) < 4.78 is 26.7. The molecule has 1 fully saturated rings. The molecule has 1 N–H and O–H groups in total. The highest BCUT2D eigenvalue weighted by Crippen LogP contribution is 2.43. The summed E-state index contributed by atoms with van der Waals surface area (Å²) in [7, 11) is 0. The minimum atomic E-state index is -1.10. The zero-order valence-electron chi connectivity index (χ0n) is 17.1. The zero-order valence-corrected chi connectivity index (χ0v) is 19.5. The second kappa shape index (κ2) is 8.64. The fourth-order valence-corrected chi connectivity index (χ4v) is 5.09. The average Bonchev–Trinajstić information content (AvgIpc) is 3.42. The first-order chi connectivity index (χ1) is 15.9. The molecule has 0 aliphatic carbocycles. The Bertz CT molecular complexity index is 1290. The van der Waals surface area contributed by atoms with Gasteiger partial charge in [0.25, 0.3) is 11.7 Å². The van der Waals surface area contributed by atoms with E-state index in [-0.39, 0.29) is 23.2 Å². The number of benzene rings is 2. The third kappa shape index (κ3) is 3.91. The summed E-state index contributed by atoms with van der Waals surface area (Å²) in [6.07, 6.45) is 0. The van der Waals surface area contributed by atoms with Crippen molar-refractivity contribution in [2.24, 2.45) is 0 Å². The van der Waals surface area contributed by atoms with Crippen molar-refractivity contribution in [1.82, 2.24) is 4.90 Å². The molecule has 1 atom stereocenters. The molecule has 0 spiro atoms. The molecule has 0 bridgehead atoms. The van der Waals surface area contributed by atoms with Gasteiger partial charge in [0, 0.05) is 20.5 Å². The first-order valence-corrected chi connectivity index (χ1v) is 11.8. The molecule has 9 heteroatoms. The molecule has 3 aromatic rings. The van der Waals surface area contributed by atoms with E-state index in [1.807, 2.05) is 17.5 Å². The molecule has 0 saturated carbocycles. The maximum Gasteiger partial charge on any atom is 0.295 e. The van der Waals surface area contributed by atoms with Crippen LogP contribution in [0.4, 0.5) is 4.39 Å². The Morgan fingerprint density at radius 1 is 1.12 bits per heavy atom. The SMILES string of the molecule is O=C1C(=O)N(Cc2cccs2)C(c2cc(Br)ccc2F)/C1=C(\O)c1ccc2c(c1)OCCO2. The minimum absolute atomic E-state index is 0.108. The van der Waals surface area contributed by atoms with Crippen molar-refractivity contribution < 1.29 is 28.6 Å². The molecular formula is C24H17BrFNO5S. The van der Waals surface area contributed by atoms with E-state index in [1.165, 1.54) is 34.4 Å². The van der Waals surface area contributed by atoms with Gasteiger partial charge in [0.2, 0.25) is 0 Å². The number of nitrogens with zero attached hydrogens (tertiary/aromatic N) is 1. The molecule has 2 aliphatic heterocycles. The summed E-state index contributed by atoms with van der Waals surface area (Å²) in [4.78, 5) is 28.3. The van der Waals surface area contributed by atoms with E-state index >= 15 is 0 Å². The largest absolute Gasteiger partial charge is 0.507 e. The van der Waals surface area contributed by atoms with Crippen molar-refractivity contribution in [2.75, 3.05) is 13.2 Å².